The molecule has 1 saturated carbocycles. The van der Waals surface area contributed by atoms with Crippen molar-refractivity contribution in [2.45, 2.75) is 37.2 Å². The molecule has 0 saturated heterocycles. The highest BCUT2D eigenvalue weighted by Crippen LogP contribution is 2.34. The van der Waals surface area contributed by atoms with E-state index in [4.69, 9.17) is 5.73 Å². The van der Waals surface area contributed by atoms with Crippen molar-refractivity contribution >= 4 is 10.0 Å². The maximum atomic E-state index is 13.9. The van der Waals surface area contributed by atoms with E-state index in [0.29, 0.717) is 5.92 Å². The molecular weight excluding hydrogens is 274 g/mol. The zero-order valence-corrected chi connectivity index (χ0v) is 11.3. The first kappa shape index (κ1) is 14.4. The van der Waals surface area contributed by atoms with Crippen LogP contribution in [0.15, 0.2) is 17.0 Å². The van der Waals surface area contributed by atoms with Crippen LogP contribution in [0.4, 0.5) is 8.78 Å². The van der Waals surface area contributed by atoms with Gasteiger partial charge in [-0.05, 0) is 24.5 Å². The monoisotopic (exact) mass is 290 g/mol. The van der Waals surface area contributed by atoms with Gasteiger partial charge < -0.3 is 5.73 Å². The molecule has 0 amide bonds. The van der Waals surface area contributed by atoms with Crippen molar-refractivity contribution in [3.63, 3.8) is 0 Å². The number of benzene rings is 1. The summed E-state index contributed by atoms with van der Waals surface area (Å²) in [5.41, 5.74) is 4.81. The van der Waals surface area contributed by atoms with Gasteiger partial charge in [0.15, 0.2) is 5.82 Å². The first-order chi connectivity index (χ1) is 8.90. The molecule has 19 heavy (non-hydrogen) atoms. The molecule has 1 aliphatic rings. The van der Waals surface area contributed by atoms with Crippen LogP contribution in [0.25, 0.3) is 0 Å². The highest BCUT2D eigenvalue weighted by atomic mass is 32.2. The van der Waals surface area contributed by atoms with E-state index < -0.39 is 32.1 Å². The summed E-state index contributed by atoms with van der Waals surface area (Å²) in [5.74, 6) is -1.65. The number of halogens is 2. The van der Waals surface area contributed by atoms with E-state index in [-0.39, 0.29) is 12.6 Å². The Labute approximate surface area is 111 Å². The maximum Gasteiger partial charge on any atom is 0.243 e. The van der Waals surface area contributed by atoms with Gasteiger partial charge in [0.05, 0.1) is 0 Å². The van der Waals surface area contributed by atoms with Gasteiger partial charge in [-0.2, -0.15) is 0 Å². The molecule has 0 aliphatic heterocycles. The molecule has 1 fully saturated rings. The molecule has 1 aromatic rings. The van der Waals surface area contributed by atoms with Gasteiger partial charge in [-0.25, -0.2) is 21.9 Å². The van der Waals surface area contributed by atoms with Gasteiger partial charge in [-0.3, -0.25) is 0 Å². The zero-order valence-electron chi connectivity index (χ0n) is 10.5. The number of nitrogens with one attached hydrogen (secondary N) is 1. The lowest BCUT2D eigenvalue weighted by molar-refractivity contribution is 0.524. The Morgan fingerprint density at radius 2 is 2.11 bits per heavy atom. The summed E-state index contributed by atoms with van der Waals surface area (Å²) < 4.78 is 53.7. The molecule has 106 valence electrons. The molecular formula is C12H16F2N2O2S. The Kier molecular flexibility index (Phi) is 3.89. The quantitative estimate of drug-likeness (QED) is 0.863. The van der Waals surface area contributed by atoms with Crippen LogP contribution in [0, 0.1) is 17.6 Å². The predicted octanol–water partition coefficient (Wildman–Crippen LogP) is 1.50. The van der Waals surface area contributed by atoms with Gasteiger partial charge >= 0.3 is 0 Å². The van der Waals surface area contributed by atoms with Crippen molar-refractivity contribution in [1.29, 1.82) is 0 Å². The van der Waals surface area contributed by atoms with Crippen molar-refractivity contribution in [2.75, 3.05) is 0 Å². The van der Waals surface area contributed by atoms with E-state index in [1.54, 1.807) is 0 Å². The normalized spacial score (nSPS) is 22.5. The summed E-state index contributed by atoms with van der Waals surface area (Å²) in [7, 11) is -3.97. The minimum atomic E-state index is -3.97. The lowest BCUT2D eigenvalue weighted by atomic mass is 10.2. The number of sulfonamides is 1. The standard InChI is InChI=1S/C12H16F2N2O2S/c1-2-7-5-10(7)16-19(17,18)11-4-3-9(13)8(6-15)12(11)14/h3-4,7,10,16H,2,5-6,15H2,1H3. The van der Waals surface area contributed by atoms with E-state index >= 15 is 0 Å². The Morgan fingerprint density at radius 3 is 2.63 bits per heavy atom. The number of nitrogens with two attached hydrogens (primary N) is 1. The Morgan fingerprint density at radius 1 is 1.42 bits per heavy atom. The second-order valence-corrected chi connectivity index (χ2v) is 6.36. The number of hydrogen-bond acceptors (Lipinski definition) is 3. The first-order valence-electron chi connectivity index (χ1n) is 6.10. The Bertz CT molecular complexity index is 590. The fraction of sp³-hybridized carbons (Fsp3) is 0.500. The van der Waals surface area contributed by atoms with Crippen LogP contribution in [0.2, 0.25) is 0 Å². The van der Waals surface area contributed by atoms with Crippen LogP contribution in [0.3, 0.4) is 0 Å². The first-order valence-corrected chi connectivity index (χ1v) is 7.58. The highest BCUT2D eigenvalue weighted by Gasteiger charge is 2.39. The van der Waals surface area contributed by atoms with Crippen molar-refractivity contribution in [3.8, 4) is 0 Å². The summed E-state index contributed by atoms with van der Waals surface area (Å²) in [6, 6.07) is 1.69. The molecule has 3 N–H and O–H groups in total. The molecule has 0 heterocycles. The van der Waals surface area contributed by atoms with E-state index in [1.165, 1.54) is 0 Å². The van der Waals surface area contributed by atoms with Crippen LogP contribution in [-0.4, -0.2) is 14.5 Å². The highest BCUT2D eigenvalue weighted by molar-refractivity contribution is 7.89. The topological polar surface area (TPSA) is 72.2 Å². The van der Waals surface area contributed by atoms with Gasteiger partial charge in [-0.1, -0.05) is 13.3 Å². The molecule has 2 atom stereocenters. The van der Waals surface area contributed by atoms with Crippen molar-refractivity contribution < 1.29 is 17.2 Å². The average Bonchev–Trinajstić information content (AvgIpc) is 3.06. The van der Waals surface area contributed by atoms with Gasteiger partial charge in [0.25, 0.3) is 0 Å². The average molecular weight is 290 g/mol. The molecule has 2 unspecified atom stereocenters. The third-order valence-electron chi connectivity index (χ3n) is 3.40. The largest absolute Gasteiger partial charge is 0.326 e. The van der Waals surface area contributed by atoms with Gasteiger partial charge in [0.2, 0.25) is 10.0 Å². The Hall–Kier alpha value is -1.05. The number of rotatable bonds is 5. The summed E-state index contributed by atoms with van der Waals surface area (Å²) in [6.07, 6.45) is 1.62. The van der Waals surface area contributed by atoms with Crippen molar-refractivity contribution in [2.24, 2.45) is 11.7 Å². The summed E-state index contributed by atoms with van der Waals surface area (Å²) in [4.78, 5) is -0.545. The second-order valence-electron chi connectivity index (χ2n) is 4.67. The molecule has 0 radical (unpaired) electrons. The van der Waals surface area contributed by atoms with Gasteiger partial charge in [0, 0.05) is 18.2 Å². The third kappa shape index (κ3) is 2.77. The maximum absolute atomic E-state index is 13.9. The van der Waals surface area contributed by atoms with E-state index in [2.05, 4.69) is 4.72 Å². The van der Waals surface area contributed by atoms with Crippen molar-refractivity contribution in [3.05, 3.63) is 29.3 Å². The van der Waals surface area contributed by atoms with Gasteiger partial charge in [0.1, 0.15) is 10.7 Å². The fourth-order valence-corrected chi connectivity index (χ4v) is 3.50. The summed E-state index contributed by atoms with van der Waals surface area (Å²) in [5, 5.41) is 0. The molecule has 0 spiro atoms. The SMILES string of the molecule is CCC1CC1NS(=O)(=O)c1ccc(F)c(CN)c1F. The van der Waals surface area contributed by atoms with E-state index in [9.17, 15) is 17.2 Å². The minimum Gasteiger partial charge on any atom is -0.326 e. The Balaban J connectivity index is 2.31. The van der Waals surface area contributed by atoms with Gasteiger partial charge in [-0.15, -0.1) is 0 Å². The van der Waals surface area contributed by atoms with Crippen LogP contribution >= 0.6 is 0 Å². The summed E-state index contributed by atoms with van der Waals surface area (Å²) in [6.45, 7) is 1.58. The second kappa shape index (κ2) is 5.15. The third-order valence-corrected chi connectivity index (χ3v) is 4.91. The summed E-state index contributed by atoms with van der Waals surface area (Å²) >= 11 is 0. The smallest absolute Gasteiger partial charge is 0.243 e. The van der Waals surface area contributed by atoms with Crippen LogP contribution in [0.1, 0.15) is 25.3 Å². The molecule has 4 nitrogen and oxygen atoms in total. The fourth-order valence-electron chi connectivity index (χ4n) is 2.08. The van der Waals surface area contributed by atoms with Crippen LogP contribution < -0.4 is 10.5 Å². The molecule has 0 bridgehead atoms. The molecule has 1 aliphatic carbocycles. The molecule has 2 rings (SSSR count). The molecule has 0 aromatic heterocycles. The number of hydrogen-bond donors (Lipinski definition) is 2. The zero-order chi connectivity index (χ0) is 14.2. The lowest BCUT2D eigenvalue weighted by Gasteiger charge is -2.10. The van der Waals surface area contributed by atoms with Crippen LogP contribution in [0.5, 0.6) is 0 Å². The van der Waals surface area contributed by atoms with Crippen LogP contribution in [-0.2, 0) is 16.6 Å². The molecule has 7 heteroatoms. The minimum absolute atomic E-state index is 0.152. The molecule has 1 aromatic carbocycles. The van der Waals surface area contributed by atoms with Crippen molar-refractivity contribution in [1.82, 2.24) is 4.72 Å². The lowest BCUT2D eigenvalue weighted by Crippen LogP contribution is -2.28. The van der Waals surface area contributed by atoms with E-state index in [1.807, 2.05) is 6.92 Å². The predicted molar refractivity (Wildman–Crippen MR) is 66.8 cm³/mol. The van der Waals surface area contributed by atoms with E-state index in [0.717, 1.165) is 25.0 Å².